The van der Waals surface area contributed by atoms with E-state index in [2.05, 4.69) is 10.3 Å². The standard InChI is InChI=1S/C17H18N4O2S/c22-9-8-20(11-14-5-2-1-3-6-14)17(23)16-13-21(19-18-16)12-15-7-4-10-24-15/h1-7,10,13,22H,8-9,11-12H2. The Morgan fingerprint density at radius 2 is 2.04 bits per heavy atom. The van der Waals surface area contributed by atoms with Crippen molar-refractivity contribution in [1.29, 1.82) is 0 Å². The van der Waals surface area contributed by atoms with Crippen molar-refractivity contribution in [3.05, 3.63) is 70.2 Å². The second kappa shape index (κ2) is 7.85. The number of carbonyl (C=O) groups excluding carboxylic acids is 1. The van der Waals surface area contributed by atoms with Crippen LogP contribution in [0.4, 0.5) is 0 Å². The summed E-state index contributed by atoms with van der Waals surface area (Å²) >= 11 is 1.63. The van der Waals surface area contributed by atoms with Crippen LogP contribution in [0.5, 0.6) is 0 Å². The first-order valence-corrected chi connectivity index (χ1v) is 8.51. The number of hydrogen-bond donors (Lipinski definition) is 1. The lowest BCUT2D eigenvalue weighted by Gasteiger charge is -2.20. The summed E-state index contributed by atoms with van der Waals surface area (Å²) < 4.78 is 1.65. The van der Waals surface area contributed by atoms with E-state index in [4.69, 9.17) is 0 Å². The fraction of sp³-hybridized carbons (Fsp3) is 0.235. The van der Waals surface area contributed by atoms with Gasteiger partial charge in [-0.25, -0.2) is 4.68 Å². The van der Waals surface area contributed by atoms with Crippen molar-refractivity contribution < 1.29 is 9.90 Å². The highest BCUT2D eigenvalue weighted by atomic mass is 32.1. The molecule has 0 spiro atoms. The van der Waals surface area contributed by atoms with Gasteiger partial charge in [0.1, 0.15) is 0 Å². The van der Waals surface area contributed by atoms with E-state index in [1.807, 2.05) is 47.8 Å². The number of aliphatic hydroxyl groups is 1. The quantitative estimate of drug-likeness (QED) is 0.713. The van der Waals surface area contributed by atoms with Crippen LogP contribution < -0.4 is 0 Å². The first kappa shape index (κ1) is 16.4. The predicted molar refractivity (Wildman–Crippen MR) is 91.7 cm³/mol. The summed E-state index contributed by atoms with van der Waals surface area (Å²) in [7, 11) is 0. The highest BCUT2D eigenvalue weighted by Crippen LogP contribution is 2.11. The third-order valence-corrected chi connectivity index (χ3v) is 4.39. The van der Waals surface area contributed by atoms with Crippen LogP contribution >= 0.6 is 11.3 Å². The third kappa shape index (κ3) is 4.06. The van der Waals surface area contributed by atoms with E-state index in [1.165, 1.54) is 0 Å². The van der Waals surface area contributed by atoms with Crippen LogP contribution in [0.25, 0.3) is 0 Å². The molecule has 1 N–H and O–H groups in total. The van der Waals surface area contributed by atoms with Crippen molar-refractivity contribution in [2.45, 2.75) is 13.1 Å². The topological polar surface area (TPSA) is 71.2 Å². The van der Waals surface area contributed by atoms with Gasteiger partial charge in [0.15, 0.2) is 5.69 Å². The van der Waals surface area contributed by atoms with E-state index >= 15 is 0 Å². The summed E-state index contributed by atoms with van der Waals surface area (Å²) in [5.41, 5.74) is 1.29. The van der Waals surface area contributed by atoms with E-state index in [9.17, 15) is 9.90 Å². The molecule has 0 atom stereocenters. The molecule has 124 valence electrons. The number of amides is 1. The monoisotopic (exact) mass is 342 g/mol. The van der Waals surface area contributed by atoms with Gasteiger partial charge in [-0.15, -0.1) is 16.4 Å². The Balaban J connectivity index is 1.71. The first-order chi connectivity index (χ1) is 11.8. The smallest absolute Gasteiger partial charge is 0.276 e. The minimum Gasteiger partial charge on any atom is -0.395 e. The lowest BCUT2D eigenvalue weighted by atomic mass is 10.2. The molecule has 24 heavy (non-hydrogen) atoms. The SMILES string of the molecule is O=C(c1cn(Cc2cccs2)nn1)N(CCO)Cc1ccccc1. The Kier molecular flexibility index (Phi) is 5.35. The van der Waals surface area contributed by atoms with Gasteiger partial charge in [0.25, 0.3) is 5.91 Å². The van der Waals surface area contributed by atoms with Gasteiger partial charge in [0.2, 0.25) is 0 Å². The highest BCUT2D eigenvalue weighted by molar-refractivity contribution is 7.09. The van der Waals surface area contributed by atoms with Crippen LogP contribution in [-0.2, 0) is 13.1 Å². The molecule has 2 aromatic heterocycles. The Labute approximate surface area is 144 Å². The van der Waals surface area contributed by atoms with Gasteiger partial charge < -0.3 is 10.0 Å². The number of thiophene rings is 1. The molecule has 0 unspecified atom stereocenters. The molecular weight excluding hydrogens is 324 g/mol. The predicted octanol–water partition coefficient (Wildman–Crippen LogP) is 2.02. The summed E-state index contributed by atoms with van der Waals surface area (Å²) in [4.78, 5) is 15.4. The summed E-state index contributed by atoms with van der Waals surface area (Å²) in [6, 6.07) is 13.7. The maximum Gasteiger partial charge on any atom is 0.276 e. The van der Waals surface area contributed by atoms with Gasteiger partial charge in [-0.2, -0.15) is 0 Å². The van der Waals surface area contributed by atoms with E-state index < -0.39 is 0 Å². The zero-order chi connectivity index (χ0) is 16.8. The lowest BCUT2D eigenvalue weighted by molar-refractivity contribution is 0.0702. The van der Waals surface area contributed by atoms with Crippen LogP contribution in [0.2, 0.25) is 0 Å². The molecule has 3 rings (SSSR count). The van der Waals surface area contributed by atoms with Gasteiger partial charge >= 0.3 is 0 Å². The maximum absolute atomic E-state index is 12.7. The summed E-state index contributed by atoms with van der Waals surface area (Å²) in [5.74, 6) is -0.231. The molecule has 0 aliphatic heterocycles. The minimum absolute atomic E-state index is 0.0953. The van der Waals surface area contributed by atoms with Crippen LogP contribution in [0.1, 0.15) is 20.9 Å². The van der Waals surface area contributed by atoms with Crippen LogP contribution in [0, 0.1) is 0 Å². The normalized spacial score (nSPS) is 10.7. The van der Waals surface area contributed by atoms with Gasteiger partial charge in [0, 0.05) is 18.0 Å². The van der Waals surface area contributed by atoms with Gasteiger partial charge in [0.05, 0.1) is 19.3 Å². The van der Waals surface area contributed by atoms with Crippen molar-refractivity contribution in [2.24, 2.45) is 0 Å². The summed E-state index contributed by atoms with van der Waals surface area (Å²) in [6.07, 6.45) is 1.65. The molecular formula is C17H18N4O2S. The maximum atomic E-state index is 12.7. The van der Waals surface area contributed by atoms with Crippen molar-refractivity contribution in [2.75, 3.05) is 13.2 Å². The molecule has 6 nitrogen and oxygen atoms in total. The summed E-state index contributed by atoms with van der Waals surface area (Å²) in [6.45, 7) is 1.18. The van der Waals surface area contributed by atoms with E-state index in [1.54, 1.807) is 27.1 Å². The molecule has 7 heteroatoms. The molecule has 0 aliphatic carbocycles. The van der Waals surface area contributed by atoms with Crippen molar-refractivity contribution in [3.8, 4) is 0 Å². The fourth-order valence-electron chi connectivity index (χ4n) is 2.37. The Hall–Kier alpha value is -2.51. The average Bonchev–Trinajstić information content (AvgIpc) is 3.27. The largest absolute Gasteiger partial charge is 0.395 e. The highest BCUT2D eigenvalue weighted by Gasteiger charge is 2.19. The second-order valence-electron chi connectivity index (χ2n) is 5.32. The zero-order valence-corrected chi connectivity index (χ0v) is 13.9. The Morgan fingerprint density at radius 1 is 1.21 bits per heavy atom. The molecule has 3 aromatic rings. The fourth-order valence-corrected chi connectivity index (χ4v) is 3.07. The second-order valence-corrected chi connectivity index (χ2v) is 6.35. The molecule has 0 aliphatic rings. The lowest BCUT2D eigenvalue weighted by Crippen LogP contribution is -2.33. The Bertz CT molecular complexity index is 771. The molecule has 0 saturated carbocycles. The van der Waals surface area contributed by atoms with Gasteiger partial charge in [-0.1, -0.05) is 41.6 Å². The van der Waals surface area contributed by atoms with E-state index in [-0.39, 0.29) is 24.8 Å². The van der Waals surface area contributed by atoms with Crippen LogP contribution in [0.15, 0.2) is 54.0 Å². The van der Waals surface area contributed by atoms with Crippen molar-refractivity contribution in [1.82, 2.24) is 19.9 Å². The molecule has 0 radical (unpaired) electrons. The van der Waals surface area contributed by atoms with Crippen molar-refractivity contribution >= 4 is 17.2 Å². The molecule has 0 fully saturated rings. The number of aliphatic hydroxyl groups excluding tert-OH is 1. The van der Waals surface area contributed by atoms with Crippen LogP contribution in [-0.4, -0.2) is 44.1 Å². The number of benzene rings is 1. The Morgan fingerprint density at radius 3 is 2.75 bits per heavy atom. The molecule has 2 heterocycles. The number of carbonyl (C=O) groups is 1. The van der Waals surface area contributed by atoms with E-state index in [0.29, 0.717) is 13.1 Å². The first-order valence-electron chi connectivity index (χ1n) is 7.63. The zero-order valence-electron chi connectivity index (χ0n) is 13.1. The number of hydrogen-bond acceptors (Lipinski definition) is 5. The van der Waals surface area contributed by atoms with Crippen molar-refractivity contribution in [3.63, 3.8) is 0 Å². The van der Waals surface area contributed by atoms with Gasteiger partial charge in [-0.05, 0) is 17.0 Å². The average molecular weight is 342 g/mol. The van der Waals surface area contributed by atoms with Crippen LogP contribution in [0.3, 0.4) is 0 Å². The molecule has 1 aromatic carbocycles. The van der Waals surface area contributed by atoms with E-state index in [0.717, 1.165) is 10.4 Å². The molecule has 0 saturated heterocycles. The summed E-state index contributed by atoms with van der Waals surface area (Å²) in [5, 5.41) is 19.3. The number of rotatable bonds is 7. The number of aromatic nitrogens is 3. The number of nitrogens with zero attached hydrogens (tertiary/aromatic N) is 4. The molecule has 1 amide bonds. The van der Waals surface area contributed by atoms with Gasteiger partial charge in [-0.3, -0.25) is 4.79 Å². The molecule has 0 bridgehead atoms. The minimum atomic E-state index is -0.231. The third-order valence-electron chi connectivity index (χ3n) is 3.53.